The summed E-state index contributed by atoms with van der Waals surface area (Å²) in [6.45, 7) is 2.55. The zero-order chi connectivity index (χ0) is 19.1. The van der Waals surface area contributed by atoms with Crippen LogP contribution in [0.5, 0.6) is 0 Å². The van der Waals surface area contributed by atoms with Crippen molar-refractivity contribution in [2.75, 3.05) is 13.1 Å². The van der Waals surface area contributed by atoms with Crippen molar-refractivity contribution in [2.24, 2.45) is 0 Å². The first-order chi connectivity index (χ1) is 13.7. The quantitative estimate of drug-likeness (QED) is 0.509. The smallest absolute Gasteiger partial charge is 0.408 e. The van der Waals surface area contributed by atoms with Crippen molar-refractivity contribution in [3.8, 4) is 0 Å². The molecule has 2 aromatic heterocycles. The van der Waals surface area contributed by atoms with E-state index in [1.807, 2.05) is 24.3 Å². The summed E-state index contributed by atoms with van der Waals surface area (Å²) in [5.74, 6) is -0.312. The lowest BCUT2D eigenvalue weighted by molar-refractivity contribution is 0.166. The number of halogens is 1. The number of oxazole rings is 1. The molecule has 0 bridgehead atoms. The van der Waals surface area contributed by atoms with Crippen LogP contribution in [0, 0.1) is 0 Å². The predicted octanol–water partition coefficient (Wildman–Crippen LogP) is 4.63. The topological polar surface area (TPSA) is 51.3 Å². The number of pyridine rings is 1. The SMILES string of the molecule is O=c1oc2ccc(Cl)cc2n1[C@H]1CCCN(Cc2ccc3ccccc3n2)C1. The Labute approximate surface area is 167 Å². The van der Waals surface area contributed by atoms with Crippen LogP contribution in [0.2, 0.25) is 5.02 Å². The normalized spacial score (nSPS) is 18.1. The summed E-state index contributed by atoms with van der Waals surface area (Å²) in [6, 6.07) is 17.7. The number of nitrogens with zero attached hydrogens (tertiary/aromatic N) is 3. The van der Waals surface area contributed by atoms with E-state index >= 15 is 0 Å². The summed E-state index contributed by atoms with van der Waals surface area (Å²) in [5, 5.41) is 1.76. The molecule has 0 unspecified atom stereocenters. The average Bonchev–Trinajstić information content (AvgIpc) is 3.03. The lowest BCUT2D eigenvalue weighted by Crippen LogP contribution is -2.38. The molecule has 0 amide bonds. The minimum absolute atomic E-state index is 0.0708. The van der Waals surface area contributed by atoms with Crippen molar-refractivity contribution >= 4 is 33.6 Å². The van der Waals surface area contributed by atoms with Gasteiger partial charge in [-0.1, -0.05) is 35.9 Å². The van der Waals surface area contributed by atoms with Crippen molar-refractivity contribution in [3.05, 3.63) is 75.9 Å². The molecule has 5 nitrogen and oxygen atoms in total. The van der Waals surface area contributed by atoms with E-state index in [0.29, 0.717) is 10.6 Å². The summed E-state index contributed by atoms with van der Waals surface area (Å²) >= 11 is 6.15. The highest BCUT2D eigenvalue weighted by atomic mass is 35.5. The largest absolute Gasteiger partial charge is 0.420 e. The molecule has 1 fully saturated rings. The Morgan fingerprint density at radius 1 is 1.14 bits per heavy atom. The van der Waals surface area contributed by atoms with Crippen molar-refractivity contribution < 1.29 is 4.42 Å². The first-order valence-electron chi connectivity index (χ1n) is 9.55. The number of aromatic nitrogens is 2. The Morgan fingerprint density at radius 3 is 2.96 bits per heavy atom. The maximum absolute atomic E-state index is 12.5. The lowest BCUT2D eigenvalue weighted by Gasteiger charge is -2.32. The molecule has 0 spiro atoms. The van der Waals surface area contributed by atoms with E-state index < -0.39 is 0 Å². The minimum atomic E-state index is -0.312. The van der Waals surface area contributed by atoms with Crippen molar-refractivity contribution in [3.63, 3.8) is 0 Å². The molecular weight excluding hydrogens is 374 g/mol. The van der Waals surface area contributed by atoms with Gasteiger partial charge in [0.05, 0.1) is 22.8 Å². The first-order valence-corrected chi connectivity index (χ1v) is 9.93. The van der Waals surface area contributed by atoms with E-state index in [1.165, 1.54) is 0 Å². The highest BCUT2D eigenvalue weighted by Crippen LogP contribution is 2.27. The van der Waals surface area contributed by atoms with Crippen LogP contribution >= 0.6 is 11.6 Å². The fraction of sp³-hybridized carbons (Fsp3) is 0.273. The van der Waals surface area contributed by atoms with Crippen molar-refractivity contribution in [1.29, 1.82) is 0 Å². The molecule has 28 heavy (non-hydrogen) atoms. The van der Waals surface area contributed by atoms with Crippen LogP contribution < -0.4 is 5.76 Å². The Balaban J connectivity index is 1.41. The molecule has 3 heterocycles. The highest BCUT2D eigenvalue weighted by molar-refractivity contribution is 6.31. The Kier molecular flexibility index (Phi) is 4.41. The number of hydrogen-bond acceptors (Lipinski definition) is 4. The van der Waals surface area contributed by atoms with E-state index in [1.54, 1.807) is 16.7 Å². The van der Waals surface area contributed by atoms with Crippen molar-refractivity contribution in [1.82, 2.24) is 14.5 Å². The van der Waals surface area contributed by atoms with Gasteiger partial charge in [0.2, 0.25) is 0 Å². The summed E-state index contributed by atoms with van der Waals surface area (Å²) in [6.07, 6.45) is 1.97. The van der Waals surface area contributed by atoms with Crippen molar-refractivity contribution in [2.45, 2.75) is 25.4 Å². The second-order valence-electron chi connectivity index (χ2n) is 7.38. The molecule has 1 aliphatic heterocycles. The van der Waals surface area contributed by atoms with Crippen LogP contribution in [-0.2, 0) is 6.54 Å². The third kappa shape index (κ3) is 3.21. The zero-order valence-corrected chi connectivity index (χ0v) is 16.1. The average molecular weight is 394 g/mol. The summed E-state index contributed by atoms with van der Waals surface area (Å²) in [5.41, 5.74) is 3.42. The molecule has 4 aromatic rings. The number of fused-ring (bicyclic) bond motifs is 2. The van der Waals surface area contributed by atoms with Crippen LogP contribution in [0.1, 0.15) is 24.6 Å². The molecule has 2 aromatic carbocycles. The van der Waals surface area contributed by atoms with Gasteiger partial charge in [0.25, 0.3) is 0 Å². The molecule has 0 N–H and O–H groups in total. The van der Waals surface area contributed by atoms with Crippen LogP contribution in [0.4, 0.5) is 0 Å². The van der Waals surface area contributed by atoms with Gasteiger partial charge in [0, 0.05) is 23.5 Å². The van der Waals surface area contributed by atoms with Gasteiger partial charge < -0.3 is 4.42 Å². The van der Waals surface area contributed by atoms with Gasteiger partial charge in [0.1, 0.15) is 0 Å². The number of piperidine rings is 1. The van der Waals surface area contributed by atoms with E-state index in [0.717, 1.165) is 54.6 Å². The van der Waals surface area contributed by atoms with Gasteiger partial charge in [0.15, 0.2) is 5.58 Å². The van der Waals surface area contributed by atoms with Crippen LogP contribution in [0.25, 0.3) is 22.0 Å². The van der Waals surface area contributed by atoms with Gasteiger partial charge in [-0.15, -0.1) is 0 Å². The van der Waals surface area contributed by atoms with Gasteiger partial charge >= 0.3 is 5.76 Å². The molecule has 0 radical (unpaired) electrons. The first kappa shape index (κ1) is 17.5. The third-order valence-corrected chi connectivity index (χ3v) is 5.70. The molecule has 1 aliphatic rings. The highest BCUT2D eigenvalue weighted by Gasteiger charge is 2.25. The Hall–Kier alpha value is -2.63. The lowest BCUT2D eigenvalue weighted by atomic mass is 10.0. The molecule has 0 aliphatic carbocycles. The predicted molar refractivity (Wildman–Crippen MR) is 111 cm³/mol. The second kappa shape index (κ2) is 7.08. The number of para-hydroxylation sites is 1. The van der Waals surface area contributed by atoms with Crippen LogP contribution in [-0.4, -0.2) is 27.5 Å². The van der Waals surface area contributed by atoms with E-state index in [2.05, 4.69) is 23.1 Å². The minimum Gasteiger partial charge on any atom is -0.408 e. The molecule has 1 saturated heterocycles. The molecular formula is C22H20ClN3O2. The summed E-state index contributed by atoms with van der Waals surface area (Å²) < 4.78 is 7.19. The molecule has 1 atom stereocenters. The number of benzene rings is 2. The zero-order valence-electron chi connectivity index (χ0n) is 15.3. The summed E-state index contributed by atoms with van der Waals surface area (Å²) in [4.78, 5) is 19.6. The fourth-order valence-corrected chi connectivity index (χ4v) is 4.33. The van der Waals surface area contributed by atoms with Gasteiger partial charge in [-0.2, -0.15) is 0 Å². The van der Waals surface area contributed by atoms with Gasteiger partial charge in [-0.25, -0.2) is 4.79 Å². The maximum atomic E-state index is 12.5. The number of hydrogen-bond donors (Lipinski definition) is 0. The fourth-order valence-electron chi connectivity index (χ4n) is 4.16. The van der Waals surface area contributed by atoms with E-state index in [-0.39, 0.29) is 11.8 Å². The van der Waals surface area contributed by atoms with Gasteiger partial charge in [-0.05, 0) is 49.7 Å². The molecule has 5 rings (SSSR count). The molecule has 142 valence electrons. The number of rotatable bonds is 3. The standard InChI is InChI=1S/C22H20ClN3O2/c23-16-8-10-21-20(12-16)26(22(27)28-21)18-5-3-11-25(14-18)13-17-9-7-15-4-1-2-6-19(15)24-17/h1-2,4,6-10,12,18H,3,5,11,13-14H2/t18-/m0/s1. The summed E-state index contributed by atoms with van der Waals surface area (Å²) in [7, 11) is 0. The molecule has 0 saturated carbocycles. The van der Waals surface area contributed by atoms with Gasteiger partial charge in [-0.3, -0.25) is 14.5 Å². The Bertz CT molecular complexity index is 1210. The monoisotopic (exact) mass is 393 g/mol. The van der Waals surface area contributed by atoms with E-state index in [4.69, 9.17) is 21.0 Å². The maximum Gasteiger partial charge on any atom is 0.420 e. The van der Waals surface area contributed by atoms with Crippen LogP contribution in [0.3, 0.4) is 0 Å². The third-order valence-electron chi connectivity index (χ3n) is 5.46. The van der Waals surface area contributed by atoms with E-state index in [9.17, 15) is 4.79 Å². The second-order valence-corrected chi connectivity index (χ2v) is 7.81. The Morgan fingerprint density at radius 2 is 2.04 bits per heavy atom. The number of likely N-dealkylation sites (tertiary alicyclic amines) is 1. The van der Waals surface area contributed by atoms with Crippen LogP contribution in [0.15, 0.2) is 63.8 Å². The molecule has 6 heteroatoms.